The van der Waals surface area contributed by atoms with Gasteiger partial charge in [0, 0.05) is 37.6 Å². The lowest BCUT2D eigenvalue weighted by atomic mass is 10.2. The highest BCUT2D eigenvalue weighted by atomic mass is 32.2. The molecular formula is C15H25N3O2S. The molecule has 1 aromatic heterocycles. The SMILES string of the molecule is CNCc1cc(S(=O)(=O)N2CCCCCC2)cn1C1CC1. The summed E-state index contributed by atoms with van der Waals surface area (Å²) < 4.78 is 29.5. The number of rotatable bonds is 5. The van der Waals surface area contributed by atoms with Crippen LogP contribution in [0.3, 0.4) is 0 Å². The van der Waals surface area contributed by atoms with Gasteiger partial charge in [-0.05, 0) is 38.8 Å². The first-order valence-corrected chi connectivity index (χ1v) is 9.42. The number of nitrogens with zero attached hydrogens (tertiary/aromatic N) is 2. The van der Waals surface area contributed by atoms with Gasteiger partial charge in [-0.1, -0.05) is 12.8 Å². The molecule has 5 nitrogen and oxygen atoms in total. The number of sulfonamides is 1. The Morgan fingerprint density at radius 1 is 1.19 bits per heavy atom. The molecule has 2 heterocycles. The topological polar surface area (TPSA) is 54.3 Å². The van der Waals surface area contributed by atoms with Gasteiger partial charge >= 0.3 is 0 Å². The molecule has 0 amide bonds. The van der Waals surface area contributed by atoms with E-state index in [1.807, 2.05) is 19.3 Å². The summed E-state index contributed by atoms with van der Waals surface area (Å²) >= 11 is 0. The van der Waals surface area contributed by atoms with E-state index in [1.54, 1.807) is 4.31 Å². The molecule has 1 saturated carbocycles. The second-order valence-electron chi connectivity index (χ2n) is 6.15. The molecule has 21 heavy (non-hydrogen) atoms. The van der Waals surface area contributed by atoms with E-state index >= 15 is 0 Å². The molecule has 1 aromatic rings. The lowest BCUT2D eigenvalue weighted by Crippen LogP contribution is -2.31. The lowest BCUT2D eigenvalue weighted by molar-refractivity contribution is 0.423. The molecule has 3 rings (SSSR count). The maximum absolute atomic E-state index is 12.8. The van der Waals surface area contributed by atoms with Crippen LogP contribution in [0, 0.1) is 0 Å². The van der Waals surface area contributed by atoms with Crippen LogP contribution in [-0.4, -0.2) is 37.4 Å². The molecule has 1 saturated heterocycles. The molecule has 0 spiro atoms. The van der Waals surface area contributed by atoms with Gasteiger partial charge in [0.2, 0.25) is 10.0 Å². The Labute approximate surface area is 127 Å². The van der Waals surface area contributed by atoms with Gasteiger partial charge in [-0.2, -0.15) is 4.31 Å². The number of hydrogen-bond donors (Lipinski definition) is 1. The van der Waals surface area contributed by atoms with Crippen molar-refractivity contribution >= 4 is 10.0 Å². The van der Waals surface area contributed by atoms with Gasteiger partial charge in [0.25, 0.3) is 0 Å². The largest absolute Gasteiger partial charge is 0.346 e. The number of aromatic nitrogens is 1. The molecule has 1 N–H and O–H groups in total. The Morgan fingerprint density at radius 2 is 1.86 bits per heavy atom. The molecule has 2 fully saturated rings. The Hall–Kier alpha value is -0.850. The van der Waals surface area contributed by atoms with Crippen molar-refractivity contribution in [1.82, 2.24) is 14.2 Å². The normalized spacial score (nSPS) is 21.4. The molecule has 2 aliphatic rings. The van der Waals surface area contributed by atoms with Crippen LogP contribution in [0.4, 0.5) is 0 Å². The van der Waals surface area contributed by atoms with Gasteiger partial charge in [-0.3, -0.25) is 0 Å². The Kier molecular flexibility index (Phi) is 4.38. The van der Waals surface area contributed by atoms with Crippen molar-refractivity contribution in [2.45, 2.75) is 56.0 Å². The maximum atomic E-state index is 12.8. The Bertz CT molecular complexity index is 582. The monoisotopic (exact) mass is 311 g/mol. The fraction of sp³-hybridized carbons (Fsp3) is 0.733. The van der Waals surface area contributed by atoms with E-state index in [-0.39, 0.29) is 0 Å². The highest BCUT2D eigenvalue weighted by Gasteiger charge is 2.31. The number of nitrogens with one attached hydrogen (secondary N) is 1. The predicted octanol–water partition coefficient (Wildman–Crippen LogP) is 2.11. The minimum Gasteiger partial charge on any atom is -0.346 e. The van der Waals surface area contributed by atoms with E-state index in [0.717, 1.165) is 44.2 Å². The van der Waals surface area contributed by atoms with Crippen LogP contribution in [0.1, 0.15) is 50.3 Å². The Balaban J connectivity index is 1.88. The van der Waals surface area contributed by atoms with Crippen molar-refractivity contribution in [2.75, 3.05) is 20.1 Å². The summed E-state index contributed by atoms with van der Waals surface area (Å²) in [5.41, 5.74) is 1.08. The summed E-state index contributed by atoms with van der Waals surface area (Å²) in [6, 6.07) is 2.36. The van der Waals surface area contributed by atoms with Crippen molar-refractivity contribution in [2.24, 2.45) is 0 Å². The van der Waals surface area contributed by atoms with Crippen molar-refractivity contribution in [1.29, 1.82) is 0 Å². The fourth-order valence-electron chi connectivity index (χ4n) is 3.08. The molecule has 0 bridgehead atoms. The van der Waals surface area contributed by atoms with Crippen LogP contribution in [0.25, 0.3) is 0 Å². The van der Waals surface area contributed by atoms with E-state index < -0.39 is 10.0 Å². The average molecular weight is 311 g/mol. The van der Waals surface area contributed by atoms with Crippen LogP contribution in [-0.2, 0) is 16.6 Å². The molecule has 6 heteroatoms. The van der Waals surface area contributed by atoms with Gasteiger partial charge in [-0.15, -0.1) is 0 Å². The minimum atomic E-state index is -3.33. The summed E-state index contributed by atoms with van der Waals surface area (Å²) in [7, 11) is -1.43. The molecule has 0 atom stereocenters. The molecule has 1 aliphatic carbocycles. The van der Waals surface area contributed by atoms with E-state index in [1.165, 1.54) is 0 Å². The van der Waals surface area contributed by atoms with E-state index in [0.29, 0.717) is 30.6 Å². The van der Waals surface area contributed by atoms with Gasteiger partial charge in [0.1, 0.15) is 4.90 Å². The standard InChI is InChI=1S/C15H25N3O2S/c1-16-11-14-10-15(12-18(14)13-6-7-13)21(19,20)17-8-4-2-3-5-9-17/h10,12-13,16H,2-9,11H2,1H3. The van der Waals surface area contributed by atoms with E-state index in [2.05, 4.69) is 9.88 Å². The second-order valence-corrected chi connectivity index (χ2v) is 8.09. The first-order chi connectivity index (χ1) is 10.1. The molecule has 118 valence electrons. The highest BCUT2D eigenvalue weighted by Crippen LogP contribution is 2.37. The number of hydrogen-bond acceptors (Lipinski definition) is 3. The van der Waals surface area contributed by atoms with Crippen LogP contribution in [0.5, 0.6) is 0 Å². The molecule has 0 radical (unpaired) electrons. The van der Waals surface area contributed by atoms with Crippen LogP contribution >= 0.6 is 0 Å². The molecule has 1 aliphatic heterocycles. The highest BCUT2D eigenvalue weighted by molar-refractivity contribution is 7.89. The van der Waals surface area contributed by atoms with Gasteiger partial charge in [0.15, 0.2) is 0 Å². The lowest BCUT2D eigenvalue weighted by Gasteiger charge is -2.18. The van der Waals surface area contributed by atoms with Crippen molar-refractivity contribution in [3.05, 3.63) is 18.0 Å². The summed E-state index contributed by atoms with van der Waals surface area (Å²) in [5.74, 6) is 0. The van der Waals surface area contributed by atoms with Gasteiger partial charge in [0.05, 0.1) is 0 Å². The Morgan fingerprint density at radius 3 is 2.43 bits per heavy atom. The van der Waals surface area contributed by atoms with E-state index in [9.17, 15) is 8.42 Å². The van der Waals surface area contributed by atoms with Crippen LogP contribution < -0.4 is 5.32 Å². The third-order valence-corrected chi connectivity index (χ3v) is 6.27. The zero-order chi connectivity index (χ0) is 14.9. The van der Waals surface area contributed by atoms with Gasteiger partial charge in [-0.25, -0.2) is 8.42 Å². The predicted molar refractivity (Wildman–Crippen MR) is 82.7 cm³/mol. The van der Waals surface area contributed by atoms with Crippen molar-refractivity contribution < 1.29 is 8.42 Å². The molecular weight excluding hydrogens is 286 g/mol. The molecule has 0 aromatic carbocycles. The summed E-state index contributed by atoms with van der Waals surface area (Å²) in [6.45, 7) is 2.04. The van der Waals surface area contributed by atoms with E-state index in [4.69, 9.17) is 0 Å². The summed E-state index contributed by atoms with van der Waals surface area (Å²) in [4.78, 5) is 0.474. The quantitative estimate of drug-likeness (QED) is 0.906. The minimum absolute atomic E-state index is 0.474. The first-order valence-electron chi connectivity index (χ1n) is 7.98. The fourth-order valence-corrected chi connectivity index (χ4v) is 4.65. The zero-order valence-corrected chi connectivity index (χ0v) is 13.5. The zero-order valence-electron chi connectivity index (χ0n) is 12.7. The second kappa shape index (κ2) is 6.10. The molecule has 0 unspecified atom stereocenters. The summed E-state index contributed by atoms with van der Waals surface area (Å²) in [6.07, 6.45) is 8.41. The van der Waals surface area contributed by atoms with Crippen molar-refractivity contribution in [3.63, 3.8) is 0 Å². The third kappa shape index (κ3) is 3.17. The smallest absolute Gasteiger partial charge is 0.244 e. The average Bonchev–Trinajstić information content (AvgIpc) is 3.25. The first kappa shape index (κ1) is 15.1. The van der Waals surface area contributed by atoms with Crippen molar-refractivity contribution in [3.8, 4) is 0 Å². The van der Waals surface area contributed by atoms with Crippen LogP contribution in [0.15, 0.2) is 17.2 Å². The van der Waals surface area contributed by atoms with Crippen LogP contribution in [0.2, 0.25) is 0 Å². The summed E-state index contributed by atoms with van der Waals surface area (Å²) in [5, 5.41) is 3.13. The maximum Gasteiger partial charge on any atom is 0.244 e. The third-order valence-electron chi connectivity index (χ3n) is 4.41. The van der Waals surface area contributed by atoms with Gasteiger partial charge < -0.3 is 9.88 Å².